The Morgan fingerprint density at radius 2 is 1.27 bits per heavy atom. The van der Waals surface area contributed by atoms with Crippen LogP contribution in [0.4, 0.5) is 5.69 Å². The molecule has 2 N–H and O–H groups in total. The van der Waals surface area contributed by atoms with Crippen LogP contribution in [0.15, 0.2) is 48.5 Å². The summed E-state index contributed by atoms with van der Waals surface area (Å²) in [6.45, 7) is 10.2. The SMILES string of the molecule is CC(C)c1cccc(C(C)C)c1NC(=O)C(=O)NC(C)c1ccccc1. The zero-order chi connectivity index (χ0) is 19.3. The predicted molar refractivity (Wildman–Crippen MR) is 106 cm³/mol. The topological polar surface area (TPSA) is 58.2 Å². The van der Waals surface area contributed by atoms with E-state index < -0.39 is 11.8 Å². The average molecular weight is 352 g/mol. The highest BCUT2D eigenvalue weighted by Gasteiger charge is 2.21. The first-order chi connectivity index (χ1) is 12.3. The molecule has 138 valence electrons. The second-order valence-electron chi connectivity index (χ2n) is 7.18. The number of benzene rings is 2. The van der Waals surface area contributed by atoms with Crippen LogP contribution in [-0.4, -0.2) is 11.8 Å². The fourth-order valence-electron chi connectivity index (χ4n) is 2.95. The molecule has 2 aromatic rings. The number of rotatable bonds is 5. The van der Waals surface area contributed by atoms with Crippen molar-refractivity contribution in [3.63, 3.8) is 0 Å². The molecule has 2 amide bonds. The second-order valence-corrected chi connectivity index (χ2v) is 7.18. The normalized spacial score (nSPS) is 12.1. The van der Waals surface area contributed by atoms with Gasteiger partial charge in [0.25, 0.3) is 0 Å². The Labute approximate surface area is 156 Å². The number of carbonyl (C=O) groups is 2. The van der Waals surface area contributed by atoms with Crippen molar-refractivity contribution >= 4 is 17.5 Å². The summed E-state index contributed by atoms with van der Waals surface area (Å²) in [5, 5.41) is 5.61. The lowest BCUT2D eigenvalue weighted by Gasteiger charge is -2.20. The lowest BCUT2D eigenvalue weighted by molar-refractivity contribution is -0.136. The van der Waals surface area contributed by atoms with Gasteiger partial charge in [0.1, 0.15) is 0 Å². The number of anilines is 1. The summed E-state index contributed by atoms with van der Waals surface area (Å²) in [7, 11) is 0. The van der Waals surface area contributed by atoms with Crippen LogP contribution in [0.25, 0.3) is 0 Å². The molecule has 0 heterocycles. The molecule has 2 aromatic carbocycles. The van der Waals surface area contributed by atoms with Crippen LogP contribution >= 0.6 is 0 Å². The highest BCUT2D eigenvalue weighted by molar-refractivity contribution is 6.39. The van der Waals surface area contributed by atoms with E-state index in [1.54, 1.807) is 0 Å². The largest absolute Gasteiger partial charge is 0.341 e. The maximum atomic E-state index is 12.5. The average Bonchev–Trinajstić information content (AvgIpc) is 2.62. The Morgan fingerprint density at radius 1 is 0.731 bits per heavy atom. The van der Waals surface area contributed by atoms with Crippen LogP contribution in [0.3, 0.4) is 0 Å². The monoisotopic (exact) mass is 352 g/mol. The molecule has 0 aliphatic carbocycles. The number of para-hydroxylation sites is 1. The number of hydrogen-bond acceptors (Lipinski definition) is 2. The van der Waals surface area contributed by atoms with Gasteiger partial charge in [-0.2, -0.15) is 0 Å². The van der Waals surface area contributed by atoms with Crippen molar-refractivity contribution in [2.45, 2.75) is 52.5 Å². The molecule has 0 saturated heterocycles. The van der Waals surface area contributed by atoms with Gasteiger partial charge in [0.05, 0.1) is 6.04 Å². The zero-order valence-corrected chi connectivity index (χ0v) is 16.2. The van der Waals surface area contributed by atoms with Gasteiger partial charge < -0.3 is 10.6 Å². The molecular weight excluding hydrogens is 324 g/mol. The quantitative estimate of drug-likeness (QED) is 0.763. The number of amides is 2. The number of carbonyl (C=O) groups excluding carboxylic acids is 2. The van der Waals surface area contributed by atoms with Gasteiger partial charge in [0, 0.05) is 5.69 Å². The Morgan fingerprint density at radius 3 is 1.77 bits per heavy atom. The first-order valence-corrected chi connectivity index (χ1v) is 9.10. The van der Waals surface area contributed by atoms with Crippen molar-refractivity contribution in [1.82, 2.24) is 5.32 Å². The van der Waals surface area contributed by atoms with E-state index in [4.69, 9.17) is 0 Å². The molecule has 4 nitrogen and oxygen atoms in total. The Bertz CT molecular complexity index is 741. The van der Waals surface area contributed by atoms with Crippen molar-refractivity contribution < 1.29 is 9.59 Å². The third-order valence-electron chi connectivity index (χ3n) is 4.46. The van der Waals surface area contributed by atoms with Crippen molar-refractivity contribution in [3.05, 3.63) is 65.2 Å². The van der Waals surface area contributed by atoms with Crippen molar-refractivity contribution in [1.29, 1.82) is 0 Å². The smallest absolute Gasteiger partial charge is 0.313 e. The standard InChI is InChI=1S/C22H28N2O2/c1-14(2)18-12-9-13-19(15(3)4)20(18)24-22(26)21(25)23-16(5)17-10-7-6-8-11-17/h6-16H,1-5H3,(H,23,25)(H,24,26). The summed E-state index contributed by atoms with van der Waals surface area (Å²) in [6.07, 6.45) is 0. The van der Waals surface area contributed by atoms with E-state index in [1.807, 2.05) is 55.5 Å². The minimum atomic E-state index is -0.636. The molecule has 0 bridgehead atoms. The molecule has 0 spiro atoms. The van der Waals surface area contributed by atoms with Crippen LogP contribution in [0, 0.1) is 0 Å². The third-order valence-corrected chi connectivity index (χ3v) is 4.46. The lowest BCUT2D eigenvalue weighted by Crippen LogP contribution is -2.37. The Balaban J connectivity index is 2.17. The molecule has 26 heavy (non-hydrogen) atoms. The molecule has 0 aliphatic heterocycles. The molecule has 1 unspecified atom stereocenters. The van der Waals surface area contributed by atoms with E-state index in [-0.39, 0.29) is 17.9 Å². The molecule has 4 heteroatoms. The maximum absolute atomic E-state index is 12.5. The summed E-state index contributed by atoms with van der Waals surface area (Å²) in [6, 6.07) is 15.3. The molecule has 0 fully saturated rings. The van der Waals surface area contributed by atoms with Gasteiger partial charge in [-0.15, -0.1) is 0 Å². The fourth-order valence-corrected chi connectivity index (χ4v) is 2.95. The molecule has 0 aliphatic rings. The number of hydrogen-bond donors (Lipinski definition) is 2. The van der Waals surface area contributed by atoms with E-state index in [0.29, 0.717) is 0 Å². The van der Waals surface area contributed by atoms with E-state index in [1.165, 1.54) is 0 Å². The molecule has 2 rings (SSSR count). The Hall–Kier alpha value is -2.62. The third kappa shape index (κ3) is 4.72. The maximum Gasteiger partial charge on any atom is 0.313 e. The summed E-state index contributed by atoms with van der Waals surface area (Å²) in [5.41, 5.74) is 3.78. The van der Waals surface area contributed by atoms with Crippen LogP contribution < -0.4 is 10.6 Å². The molecular formula is C22H28N2O2. The zero-order valence-electron chi connectivity index (χ0n) is 16.2. The van der Waals surface area contributed by atoms with Crippen LogP contribution in [0.2, 0.25) is 0 Å². The highest BCUT2D eigenvalue weighted by Crippen LogP contribution is 2.32. The van der Waals surface area contributed by atoms with E-state index >= 15 is 0 Å². The first-order valence-electron chi connectivity index (χ1n) is 9.10. The predicted octanol–water partition coefficient (Wildman–Crippen LogP) is 4.75. The van der Waals surface area contributed by atoms with Gasteiger partial charge >= 0.3 is 11.8 Å². The van der Waals surface area contributed by atoms with Gasteiger partial charge in [-0.3, -0.25) is 9.59 Å². The van der Waals surface area contributed by atoms with Crippen molar-refractivity contribution in [3.8, 4) is 0 Å². The summed E-state index contributed by atoms with van der Waals surface area (Å²) >= 11 is 0. The summed E-state index contributed by atoms with van der Waals surface area (Å²) in [5.74, 6) is -0.775. The summed E-state index contributed by atoms with van der Waals surface area (Å²) < 4.78 is 0. The Kier molecular flexibility index (Phi) is 6.56. The first kappa shape index (κ1) is 19.7. The van der Waals surface area contributed by atoms with Gasteiger partial charge in [-0.05, 0) is 35.4 Å². The minimum absolute atomic E-state index is 0.237. The van der Waals surface area contributed by atoms with E-state index in [2.05, 4.69) is 38.3 Å². The van der Waals surface area contributed by atoms with Crippen molar-refractivity contribution in [2.75, 3.05) is 5.32 Å². The van der Waals surface area contributed by atoms with E-state index in [0.717, 1.165) is 22.4 Å². The molecule has 0 radical (unpaired) electrons. The molecule has 1 atom stereocenters. The molecule has 0 aromatic heterocycles. The van der Waals surface area contributed by atoms with Gasteiger partial charge in [0.15, 0.2) is 0 Å². The highest BCUT2D eigenvalue weighted by atomic mass is 16.2. The fraction of sp³-hybridized carbons (Fsp3) is 0.364. The van der Waals surface area contributed by atoms with Crippen molar-refractivity contribution in [2.24, 2.45) is 0 Å². The lowest BCUT2D eigenvalue weighted by atomic mass is 9.92. The summed E-state index contributed by atoms with van der Waals surface area (Å²) in [4.78, 5) is 24.9. The molecule has 0 saturated carbocycles. The number of nitrogens with one attached hydrogen (secondary N) is 2. The van der Waals surface area contributed by atoms with E-state index in [9.17, 15) is 9.59 Å². The van der Waals surface area contributed by atoms with Gasteiger partial charge in [0.2, 0.25) is 0 Å². The van der Waals surface area contributed by atoms with Gasteiger partial charge in [-0.25, -0.2) is 0 Å². The van der Waals surface area contributed by atoms with Gasteiger partial charge in [-0.1, -0.05) is 76.2 Å². The van der Waals surface area contributed by atoms with Crippen LogP contribution in [0.1, 0.15) is 69.2 Å². The van der Waals surface area contributed by atoms with Crippen LogP contribution in [0.5, 0.6) is 0 Å². The second kappa shape index (κ2) is 8.65. The van der Waals surface area contributed by atoms with Crippen LogP contribution in [-0.2, 0) is 9.59 Å². The minimum Gasteiger partial charge on any atom is -0.341 e.